The molecule has 174 valence electrons. The standard InChI is InChI=1S/C27H16N4O5/c1-16(32)35-26-11-7-17(13-23(26)31-29-21-4-2-3-5-22(21)30-31)6-9-24(33)20-14-19-12-18(15-28)8-10-25(19)36-27(20)34/h2-14H,1H3/b9-6+. The summed E-state index contributed by atoms with van der Waals surface area (Å²) >= 11 is 0. The summed E-state index contributed by atoms with van der Waals surface area (Å²) in [4.78, 5) is 38.1. The van der Waals surface area contributed by atoms with Gasteiger partial charge in [0.2, 0.25) is 0 Å². The van der Waals surface area contributed by atoms with E-state index in [1.165, 1.54) is 42.1 Å². The Balaban J connectivity index is 1.51. The number of rotatable bonds is 5. The summed E-state index contributed by atoms with van der Waals surface area (Å²) in [6, 6.07) is 20.2. The fourth-order valence-electron chi connectivity index (χ4n) is 3.63. The zero-order chi connectivity index (χ0) is 25.2. The maximum Gasteiger partial charge on any atom is 0.347 e. The Labute approximate surface area is 203 Å². The van der Waals surface area contributed by atoms with Crippen molar-refractivity contribution in [1.29, 1.82) is 5.26 Å². The highest BCUT2D eigenvalue weighted by molar-refractivity contribution is 6.07. The molecular weight excluding hydrogens is 460 g/mol. The third-order valence-electron chi connectivity index (χ3n) is 5.29. The van der Waals surface area contributed by atoms with E-state index >= 15 is 0 Å². The second kappa shape index (κ2) is 9.12. The van der Waals surface area contributed by atoms with Crippen molar-refractivity contribution in [2.45, 2.75) is 6.92 Å². The number of fused-ring (bicyclic) bond motifs is 2. The summed E-state index contributed by atoms with van der Waals surface area (Å²) in [5.41, 5.74) is 2.01. The van der Waals surface area contributed by atoms with Crippen molar-refractivity contribution in [3.05, 3.63) is 99.9 Å². The van der Waals surface area contributed by atoms with Crippen LogP contribution in [0, 0.1) is 11.3 Å². The molecule has 36 heavy (non-hydrogen) atoms. The van der Waals surface area contributed by atoms with Gasteiger partial charge in [0, 0.05) is 12.3 Å². The molecule has 2 aromatic heterocycles. The summed E-state index contributed by atoms with van der Waals surface area (Å²) in [5.74, 6) is -0.828. The molecular formula is C27H16N4O5. The molecule has 0 amide bonds. The minimum atomic E-state index is -0.778. The Morgan fingerprint density at radius 3 is 2.47 bits per heavy atom. The van der Waals surface area contributed by atoms with Gasteiger partial charge in [-0.25, -0.2) is 4.79 Å². The van der Waals surface area contributed by atoms with Gasteiger partial charge in [-0.1, -0.05) is 24.3 Å². The lowest BCUT2D eigenvalue weighted by molar-refractivity contribution is -0.131. The lowest BCUT2D eigenvalue weighted by Gasteiger charge is -2.09. The van der Waals surface area contributed by atoms with Crippen molar-refractivity contribution in [1.82, 2.24) is 15.0 Å². The van der Waals surface area contributed by atoms with Gasteiger partial charge >= 0.3 is 11.6 Å². The minimum Gasteiger partial charge on any atom is -0.424 e. The van der Waals surface area contributed by atoms with Crippen LogP contribution in [0.4, 0.5) is 0 Å². The topological polar surface area (TPSA) is 128 Å². The smallest absolute Gasteiger partial charge is 0.347 e. The molecule has 9 heteroatoms. The zero-order valence-corrected chi connectivity index (χ0v) is 18.8. The molecule has 0 atom stereocenters. The number of nitriles is 1. The Hall–Kier alpha value is -5.36. The van der Waals surface area contributed by atoms with Crippen LogP contribution in [0.3, 0.4) is 0 Å². The highest BCUT2D eigenvalue weighted by atomic mass is 16.5. The normalized spacial score (nSPS) is 11.1. The number of aromatic nitrogens is 3. The molecule has 0 saturated carbocycles. The molecule has 0 bridgehead atoms. The van der Waals surface area contributed by atoms with Gasteiger partial charge in [0.1, 0.15) is 27.9 Å². The van der Waals surface area contributed by atoms with E-state index in [-0.39, 0.29) is 16.9 Å². The number of carbonyl (C=O) groups excluding carboxylic acids is 2. The Morgan fingerprint density at radius 1 is 1.03 bits per heavy atom. The number of ether oxygens (including phenoxy) is 1. The molecule has 0 aliphatic heterocycles. The van der Waals surface area contributed by atoms with Crippen molar-refractivity contribution < 1.29 is 18.7 Å². The molecule has 5 rings (SSSR count). The second-order valence-corrected chi connectivity index (χ2v) is 7.81. The fraction of sp³-hybridized carbons (Fsp3) is 0.0370. The maximum atomic E-state index is 12.8. The molecule has 9 nitrogen and oxygen atoms in total. The Kier molecular flexibility index (Phi) is 5.68. The molecule has 0 spiro atoms. The van der Waals surface area contributed by atoms with Crippen molar-refractivity contribution in [3.8, 4) is 17.5 Å². The van der Waals surface area contributed by atoms with Crippen molar-refractivity contribution in [3.63, 3.8) is 0 Å². The SMILES string of the molecule is CC(=O)Oc1ccc(/C=C/C(=O)c2cc3cc(C#N)ccc3oc2=O)cc1-n1nc2ccccc2n1. The van der Waals surface area contributed by atoms with E-state index in [4.69, 9.17) is 14.4 Å². The fourth-order valence-corrected chi connectivity index (χ4v) is 3.63. The van der Waals surface area contributed by atoms with Gasteiger partial charge < -0.3 is 9.15 Å². The first-order valence-electron chi connectivity index (χ1n) is 10.8. The molecule has 0 aliphatic rings. The van der Waals surface area contributed by atoms with E-state index in [0.717, 1.165) is 0 Å². The van der Waals surface area contributed by atoms with Crippen molar-refractivity contribution >= 4 is 39.8 Å². The van der Waals surface area contributed by atoms with Crippen LogP contribution in [0.15, 0.2) is 82.0 Å². The first-order valence-corrected chi connectivity index (χ1v) is 10.8. The van der Waals surface area contributed by atoms with E-state index in [2.05, 4.69) is 10.2 Å². The molecule has 5 aromatic rings. The van der Waals surface area contributed by atoms with Crippen molar-refractivity contribution in [2.75, 3.05) is 0 Å². The van der Waals surface area contributed by atoms with Crippen LogP contribution in [0.5, 0.6) is 5.75 Å². The molecule has 0 aliphatic carbocycles. The van der Waals surface area contributed by atoms with Gasteiger partial charge in [-0.3, -0.25) is 9.59 Å². The molecule has 0 N–H and O–H groups in total. The number of ketones is 1. The average Bonchev–Trinajstić information content (AvgIpc) is 3.31. The van der Waals surface area contributed by atoms with E-state index in [0.29, 0.717) is 33.2 Å². The number of allylic oxidation sites excluding steroid dienone is 1. The predicted molar refractivity (Wildman–Crippen MR) is 131 cm³/mol. The highest BCUT2D eigenvalue weighted by Gasteiger charge is 2.14. The monoisotopic (exact) mass is 476 g/mol. The zero-order valence-electron chi connectivity index (χ0n) is 18.8. The first kappa shape index (κ1) is 22.4. The molecule has 0 saturated heterocycles. The molecule has 0 unspecified atom stereocenters. The molecule has 0 fully saturated rings. The Bertz CT molecular complexity index is 1770. The third-order valence-corrected chi connectivity index (χ3v) is 5.29. The van der Waals surface area contributed by atoms with Crippen LogP contribution >= 0.6 is 0 Å². The number of esters is 1. The van der Waals surface area contributed by atoms with Crippen LogP contribution in [-0.4, -0.2) is 26.7 Å². The summed E-state index contributed by atoms with van der Waals surface area (Å²) in [5, 5.41) is 18.4. The van der Waals surface area contributed by atoms with Gasteiger partial charge in [0.05, 0.1) is 11.6 Å². The van der Waals surface area contributed by atoms with Gasteiger partial charge in [-0.2, -0.15) is 5.26 Å². The number of hydrogen-bond acceptors (Lipinski definition) is 8. The Morgan fingerprint density at radius 2 is 1.78 bits per heavy atom. The number of carbonyl (C=O) groups is 2. The predicted octanol–water partition coefficient (Wildman–Crippen LogP) is 4.22. The van der Waals surface area contributed by atoms with E-state index in [1.807, 2.05) is 30.3 Å². The summed E-state index contributed by atoms with van der Waals surface area (Å²) < 4.78 is 10.5. The summed E-state index contributed by atoms with van der Waals surface area (Å²) in [6.45, 7) is 1.29. The number of nitrogens with zero attached hydrogens (tertiary/aromatic N) is 4. The molecule has 3 aromatic carbocycles. The first-order chi connectivity index (χ1) is 17.4. The van der Waals surface area contributed by atoms with Gasteiger partial charge in [0.15, 0.2) is 11.5 Å². The molecule has 2 heterocycles. The quantitative estimate of drug-likeness (QED) is 0.121. The van der Waals surface area contributed by atoms with Crippen LogP contribution < -0.4 is 10.4 Å². The number of hydrogen-bond donors (Lipinski definition) is 0. The van der Waals surface area contributed by atoms with Crippen LogP contribution in [-0.2, 0) is 4.79 Å². The average molecular weight is 476 g/mol. The second-order valence-electron chi connectivity index (χ2n) is 7.81. The van der Waals surface area contributed by atoms with E-state index in [1.54, 1.807) is 24.3 Å². The van der Waals surface area contributed by atoms with Crippen molar-refractivity contribution in [2.24, 2.45) is 0 Å². The summed E-state index contributed by atoms with van der Waals surface area (Å²) in [7, 11) is 0. The van der Waals surface area contributed by atoms with Gasteiger partial charge in [0.25, 0.3) is 0 Å². The largest absolute Gasteiger partial charge is 0.424 e. The lowest BCUT2D eigenvalue weighted by Crippen LogP contribution is -2.12. The maximum absolute atomic E-state index is 12.8. The van der Waals surface area contributed by atoms with Crippen LogP contribution in [0.1, 0.15) is 28.4 Å². The van der Waals surface area contributed by atoms with Gasteiger partial charge in [-0.05, 0) is 60.2 Å². The highest BCUT2D eigenvalue weighted by Crippen LogP contribution is 2.26. The lowest BCUT2D eigenvalue weighted by atomic mass is 10.1. The third kappa shape index (κ3) is 4.38. The van der Waals surface area contributed by atoms with Crippen LogP contribution in [0.25, 0.3) is 33.8 Å². The minimum absolute atomic E-state index is 0.161. The summed E-state index contributed by atoms with van der Waals surface area (Å²) in [6.07, 6.45) is 2.76. The van der Waals surface area contributed by atoms with Gasteiger partial charge in [-0.15, -0.1) is 15.0 Å². The molecule has 0 radical (unpaired) electrons. The van der Waals surface area contributed by atoms with Crippen LogP contribution in [0.2, 0.25) is 0 Å². The number of benzene rings is 3. The van der Waals surface area contributed by atoms with E-state index < -0.39 is 17.4 Å². The van der Waals surface area contributed by atoms with E-state index in [9.17, 15) is 14.4 Å².